The Kier molecular flexibility index (Phi) is 10.4. The van der Waals surface area contributed by atoms with Crippen LogP contribution in [0.2, 0.25) is 0 Å². The van der Waals surface area contributed by atoms with Gasteiger partial charge in [0, 0.05) is 50.8 Å². The molecule has 0 aliphatic heterocycles. The minimum atomic E-state index is -0.0361. The standard InChI is InChI=1S/C12H21N3O3S.ClH/c1-10-9-19-12(17)15(10)7-3-11(16)14-5-4-13-6-8-18-2;/h9,13H,3-8H2,1-2H3,(H,14,16);1H. The Bertz CT molecular complexity index is 447. The first kappa shape index (κ1) is 19.1. The van der Waals surface area contributed by atoms with Gasteiger partial charge in [0.15, 0.2) is 0 Å². The summed E-state index contributed by atoms with van der Waals surface area (Å²) in [7, 11) is 1.65. The van der Waals surface area contributed by atoms with E-state index in [1.165, 1.54) is 11.3 Å². The molecule has 6 nitrogen and oxygen atoms in total. The Morgan fingerprint density at radius 2 is 2.15 bits per heavy atom. The fraction of sp³-hybridized carbons (Fsp3) is 0.667. The number of ether oxygens (including phenoxy) is 1. The smallest absolute Gasteiger partial charge is 0.307 e. The van der Waals surface area contributed by atoms with Crippen LogP contribution in [0, 0.1) is 6.92 Å². The summed E-state index contributed by atoms with van der Waals surface area (Å²) in [5, 5.41) is 7.75. The van der Waals surface area contributed by atoms with Crippen molar-refractivity contribution < 1.29 is 9.53 Å². The molecule has 0 spiro atoms. The van der Waals surface area contributed by atoms with Crippen LogP contribution >= 0.6 is 23.7 Å². The van der Waals surface area contributed by atoms with E-state index in [-0.39, 0.29) is 23.2 Å². The predicted octanol–water partition coefficient (Wildman–Crippen LogP) is 0.382. The summed E-state index contributed by atoms with van der Waals surface area (Å²) >= 11 is 1.17. The molecule has 0 saturated heterocycles. The van der Waals surface area contributed by atoms with Crippen LogP contribution < -0.4 is 15.5 Å². The molecule has 116 valence electrons. The van der Waals surface area contributed by atoms with Gasteiger partial charge in [-0.15, -0.1) is 12.4 Å². The largest absolute Gasteiger partial charge is 0.383 e. The highest BCUT2D eigenvalue weighted by Crippen LogP contribution is 2.00. The fourth-order valence-electron chi connectivity index (χ4n) is 1.57. The zero-order valence-electron chi connectivity index (χ0n) is 11.8. The van der Waals surface area contributed by atoms with Crippen LogP contribution in [0.4, 0.5) is 0 Å². The van der Waals surface area contributed by atoms with Crippen molar-refractivity contribution >= 4 is 29.7 Å². The second-order valence-corrected chi connectivity index (χ2v) is 4.96. The lowest BCUT2D eigenvalue weighted by Crippen LogP contribution is -2.33. The number of nitrogens with one attached hydrogen (secondary N) is 2. The van der Waals surface area contributed by atoms with E-state index >= 15 is 0 Å². The molecule has 2 N–H and O–H groups in total. The van der Waals surface area contributed by atoms with E-state index in [2.05, 4.69) is 10.6 Å². The predicted molar refractivity (Wildman–Crippen MR) is 82.9 cm³/mol. The molecule has 1 amide bonds. The number of amides is 1. The number of thiazole rings is 1. The molecule has 0 fully saturated rings. The molecule has 20 heavy (non-hydrogen) atoms. The Morgan fingerprint density at radius 3 is 2.75 bits per heavy atom. The van der Waals surface area contributed by atoms with Gasteiger partial charge in [-0.2, -0.15) is 0 Å². The maximum absolute atomic E-state index is 11.6. The van der Waals surface area contributed by atoms with Gasteiger partial charge in [-0.3, -0.25) is 9.59 Å². The van der Waals surface area contributed by atoms with Gasteiger partial charge in [0.25, 0.3) is 0 Å². The molecule has 0 aliphatic rings. The second kappa shape index (κ2) is 10.8. The van der Waals surface area contributed by atoms with E-state index in [0.717, 1.165) is 12.2 Å². The molecular formula is C12H22ClN3O3S. The number of rotatable bonds is 9. The van der Waals surface area contributed by atoms with Crippen molar-refractivity contribution in [2.24, 2.45) is 0 Å². The van der Waals surface area contributed by atoms with Gasteiger partial charge in [0.2, 0.25) is 5.91 Å². The van der Waals surface area contributed by atoms with Crippen molar-refractivity contribution in [3.05, 3.63) is 20.7 Å². The summed E-state index contributed by atoms with van der Waals surface area (Å²) < 4.78 is 6.52. The fourth-order valence-corrected chi connectivity index (χ4v) is 2.33. The first-order valence-corrected chi connectivity index (χ1v) is 7.14. The van der Waals surface area contributed by atoms with E-state index < -0.39 is 0 Å². The average Bonchev–Trinajstić information content (AvgIpc) is 2.71. The lowest BCUT2D eigenvalue weighted by atomic mass is 10.3. The zero-order chi connectivity index (χ0) is 14.1. The van der Waals surface area contributed by atoms with Crippen LogP contribution in [0.15, 0.2) is 10.2 Å². The third-order valence-electron chi connectivity index (χ3n) is 2.65. The van der Waals surface area contributed by atoms with Crippen molar-refractivity contribution in [1.29, 1.82) is 0 Å². The van der Waals surface area contributed by atoms with Crippen LogP contribution in [0.1, 0.15) is 12.1 Å². The van der Waals surface area contributed by atoms with Crippen LogP contribution in [0.5, 0.6) is 0 Å². The molecule has 0 radical (unpaired) electrons. The van der Waals surface area contributed by atoms with Crippen molar-refractivity contribution in [3.63, 3.8) is 0 Å². The maximum Gasteiger partial charge on any atom is 0.307 e. The number of methoxy groups -OCH3 is 1. The summed E-state index contributed by atoms with van der Waals surface area (Å²) in [5.41, 5.74) is 0.907. The van der Waals surface area contributed by atoms with E-state index in [9.17, 15) is 9.59 Å². The average molecular weight is 324 g/mol. The molecule has 0 aromatic carbocycles. The van der Waals surface area contributed by atoms with E-state index in [4.69, 9.17) is 4.74 Å². The minimum absolute atomic E-state index is 0. The van der Waals surface area contributed by atoms with E-state index in [1.807, 2.05) is 6.92 Å². The number of carbonyl (C=O) groups excluding carboxylic acids is 1. The molecule has 8 heteroatoms. The number of hydrogen-bond donors (Lipinski definition) is 2. The number of aromatic nitrogens is 1. The SMILES string of the molecule is COCCNCCNC(=O)CCn1c(C)csc1=O.Cl. The molecule has 0 bridgehead atoms. The van der Waals surface area contributed by atoms with Gasteiger partial charge in [-0.25, -0.2) is 0 Å². The third kappa shape index (κ3) is 7.04. The summed E-state index contributed by atoms with van der Waals surface area (Å²) in [4.78, 5) is 23.0. The quantitative estimate of drug-likeness (QED) is 0.645. The topological polar surface area (TPSA) is 72.4 Å². The van der Waals surface area contributed by atoms with Gasteiger partial charge < -0.3 is 19.9 Å². The summed E-state index contributed by atoms with van der Waals surface area (Å²) in [6.07, 6.45) is 0.329. The number of nitrogens with zero attached hydrogens (tertiary/aromatic N) is 1. The van der Waals surface area contributed by atoms with Gasteiger partial charge in [-0.1, -0.05) is 11.3 Å². The Morgan fingerprint density at radius 1 is 1.40 bits per heavy atom. The molecule has 1 aromatic heterocycles. The molecule has 1 rings (SSSR count). The molecule has 1 heterocycles. The highest BCUT2D eigenvalue weighted by atomic mass is 35.5. The third-order valence-corrected chi connectivity index (χ3v) is 3.53. The van der Waals surface area contributed by atoms with Gasteiger partial charge in [0.1, 0.15) is 0 Å². The van der Waals surface area contributed by atoms with Gasteiger partial charge in [0.05, 0.1) is 6.61 Å². The summed E-state index contributed by atoms with van der Waals surface area (Å²) in [6, 6.07) is 0. The first-order chi connectivity index (χ1) is 9.15. The van der Waals surface area contributed by atoms with Crippen LogP contribution in [0.3, 0.4) is 0 Å². The minimum Gasteiger partial charge on any atom is -0.383 e. The summed E-state index contributed by atoms with van der Waals surface area (Å²) in [5.74, 6) is -0.0361. The molecule has 0 atom stereocenters. The van der Waals surface area contributed by atoms with Crippen molar-refractivity contribution in [2.45, 2.75) is 19.9 Å². The summed E-state index contributed by atoms with van der Waals surface area (Å²) in [6.45, 7) is 5.05. The van der Waals surface area contributed by atoms with Crippen LogP contribution in [0.25, 0.3) is 0 Å². The highest BCUT2D eigenvalue weighted by Gasteiger charge is 2.05. The van der Waals surface area contributed by atoms with Crippen molar-refractivity contribution in [2.75, 3.05) is 33.4 Å². The van der Waals surface area contributed by atoms with Crippen molar-refractivity contribution in [1.82, 2.24) is 15.2 Å². The monoisotopic (exact) mass is 323 g/mol. The highest BCUT2D eigenvalue weighted by molar-refractivity contribution is 7.07. The molecule has 0 saturated carbocycles. The second-order valence-electron chi connectivity index (χ2n) is 4.14. The van der Waals surface area contributed by atoms with Crippen LogP contribution in [-0.4, -0.2) is 43.8 Å². The van der Waals surface area contributed by atoms with Crippen molar-refractivity contribution in [3.8, 4) is 0 Å². The lowest BCUT2D eigenvalue weighted by molar-refractivity contribution is -0.121. The van der Waals surface area contributed by atoms with E-state index in [0.29, 0.717) is 32.7 Å². The maximum atomic E-state index is 11.6. The molecular weight excluding hydrogens is 302 g/mol. The Labute approximate surface area is 128 Å². The van der Waals surface area contributed by atoms with Gasteiger partial charge >= 0.3 is 4.87 Å². The van der Waals surface area contributed by atoms with E-state index in [1.54, 1.807) is 17.1 Å². The number of halogens is 1. The molecule has 0 aliphatic carbocycles. The Hall–Kier alpha value is -0.890. The number of aryl methyl sites for hydroxylation is 1. The normalized spacial score (nSPS) is 10.1. The van der Waals surface area contributed by atoms with Gasteiger partial charge in [-0.05, 0) is 6.92 Å². The van der Waals surface area contributed by atoms with Crippen LogP contribution in [-0.2, 0) is 16.1 Å². The number of carbonyl (C=O) groups is 1. The lowest BCUT2D eigenvalue weighted by Gasteiger charge is -2.07. The Balaban J connectivity index is 0.00000361. The molecule has 0 unspecified atom stereocenters. The zero-order valence-corrected chi connectivity index (χ0v) is 13.4. The number of hydrogen-bond acceptors (Lipinski definition) is 5. The first-order valence-electron chi connectivity index (χ1n) is 6.26. The molecule has 1 aromatic rings.